The number of nitrogens with zero attached hydrogens (tertiary/aromatic N) is 3. The normalized spacial score (nSPS) is 10.8. The first-order chi connectivity index (χ1) is 9.40. The highest BCUT2D eigenvalue weighted by Crippen LogP contribution is 2.23. The van der Waals surface area contributed by atoms with Crippen molar-refractivity contribution in [2.75, 3.05) is 5.32 Å². The van der Waals surface area contributed by atoms with E-state index in [9.17, 15) is 9.59 Å². The highest BCUT2D eigenvalue weighted by atomic mass is 32.1. The van der Waals surface area contributed by atoms with E-state index >= 15 is 0 Å². The van der Waals surface area contributed by atoms with Crippen LogP contribution in [-0.4, -0.2) is 26.5 Å². The Morgan fingerprint density at radius 3 is 2.65 bits per heavy atom. The Kier molecular flexibility index (Phi) is 3.99. The molecule has 2 rings (SSSR count). The Hall–Kier alpha value is -2.02. The molecule has 0 aromatic carbocycles. The van der Waals surface area contributed by atoms with Crippen LogP contribution in [0.2, 0.25) is 0 Å². The maximum Gasteiger partial charge on any atom is 0.275 e. The van der Waals surface area contributed by atoms with Crippen molar-refractivity contribution in [1.82, 2.24) is 14.8 Å². The van der Waals surface area contributed by atoms with Gasteiger partial charge in [-0.25, -0.2) is 4.98 Å². The molecular formula is C13H16N4O2S. The third-order valence-corrected chi connectivity index (χ3v) is 3.90. The molecule has 2 aromatic rings. The summed E-state index contributed by atoms with van der Waals surface area (Å²) in [6.45, 7) is 7.14. The Morgan fingerprint density at radius 1 is 1.40 bits per heavy atom. The molecule has 0 bridgehead atoms. The fourth-order valence-corrected chi connectivity index (χ4v) is 2.70. The number of thiazole rings is 1. The van der Waals surface area contributed by atoms with Gasteiger partial charge in [0.1, 0.15) is 5.69 Å². The fourth-order valence-electron chi connectivity index (χ4n) is 1.84. The van der Waals surface area contributed by atoms with Crippen molar-refractivity contribution in [3.63, 3.8) is 0 Å². The SMILES string of the molecule is CC(=O)c1sc(NC(=O)c2ccnn2C(C)C)nc1C. The smallest absolute Gasteiger partial charge is 0.275 e. The molecule has 0 spiro atoms. The van der Waals surface area contributed by atoms with Crippen molar-refractivity contribution >= 4 is 28.2 Å². The molecule has 0 saturated heterocycles. The number of ketones is 1. The molecule has 0 saturated carbocycles. The van der Waals surface area contributed by atoms with Crippen molar-refractivity contribution in [3.05, 3.63) is 28.5 Å². The van der Waals surface area contributed by atoms with E-state index in [0.29, 0.717) is 21.4 Å². The minimum Gasteiger partial charge on any atom is -0.296 e. The minimum absolute atomic E-state index is 0.0484. The Balaban J connectivity index is 2.22. The van der Waals surface area contributed by atoms with Crippen LogP contribution in [0.4, 0.5) is 5.13 Å². The summed E-state index contributed by atoms with van der Waals surface area (Å²) in [5, 5.41) is 7.25. The summed E-state index contributed by atoms with van der Waals surface area (Å²) in [5.41, 5.74) is 1.10. The van der Waals surface area contributed by atoms with Gasteiger partial charge in [0.05, 0.1) is 10.6 Å². The molecule has 0 unspecified atom stereocenters. The number of amides is 1. The molecule has 1 N–H and O–H groups in total. The number of hydrogen-bond donors (Lipinski definition) is 1. The number of hydrogen-bond acceptors (Lipinski definition) is 5. The van der Waals surface area contributed by atoms with E-state index in [1.54, 1.807) is 23.9 Å². The Bertz CT molecular complexity index is 657. The molecule has 0 aliphatic rings. The van der Waals surface area contributed by atoms with Gasteiger partial charge in [0.25, 0.3) is 5.91 Å². The van der Waals surface area contributed by atoms with Crippen LogP contribution < -0.4 is 5.32 Å². The second-order valence-electron chi connectivity index (χ2n) is 4.70. The van der Waals surface area contributed by atoms with Crippen LogP contribution in [0.5, 0.6) is 0 Å². The predicted octanol–water partition coefficient (Wildman–Crippen LogP) is 2.68. The summed E-state index contributed by atoms with van der Waals surface area (Å²) < 4.78 is 1.64. The lowest BCUT2D eigenvalue weighted by atomic mass is 10.3. The molecular weight excluding hydrogens is 276 g/mol. The topological polar surface area (TPSA) is 76.9 Å². The number of carbonyl (C=O) groups is 2. The van der Waals surface area contributed by atoms with E-state index in [2.05, 4.69) is 15.4 Å². The number of carbonyl (C=O) groups excluding carboxylic acids is 2. The maximum atomic E-state index is 12.2. The molecule has 0 aliphatic carbocycles. The zero-order chi connectivity index (χ0) is 14.9. The molecule has 2 aromatic heterocycles. The standard InChI is InChI=1S/C13H16N4O2S/c1-7(2)17-10(5-6-14-17)12(19)16-13-15-8(3)11(20-13)9(4)18/h5-7H,1-4H3,(H,15,16,19). The molecule has 1 amide bonds. The van der Waals surface area contributed by atoms with Crippen molar-refractivity contribution in [3.8, 4) is 0 Å². The second-order valence-corrected chi connectivity index (χ2v) is 5.70. The van der Waals surface area contributed by atoms with Gasteiger partial charge in [-0.15, -0.1) is 0 Å². The zero-order valence-electron chi connectivity index (χ0n) is 11.8. The molecule has 0 fully saturated rings. The predicted molar refractivity (Wildman–Crippen MR) is 77.4 cm³/mol. The van der Waals surface area contributed by atoms with Gasteiger partial charge in [-0.3, -0.25) is 19.6 Å². The van der Waals surface area contributed by atoms with E-state index in [4.69, 9.17) is 0 Å². The van der Waals surface area contributed by atoms with Crippen LogP contribution in [0.1, 0.15) is 52.7 Å². The Labute approximate surface area is 120 Å². The van der Waals surface area contributed by atoms with Gasteiger partial charge in [-0.2, -0.15) is 5.10 Å². The summed E-state index contributed by atoms with van der Waals surface area (Å²) in [7, 11) is 0. The van der Waals surface area contributed by atoms with E-state index < -0.39 is 0 Å². The summed E-state index contributed by atoms with van der Waals surface area (Å²) in [5.74, 6) is -0.326. The van der Waals surface area contributed by atoms with Crippen LogP contribution in [0.15, 0.2) is 12.3 Å². The third kappa shape index (κ3) is 2.77. The summed E-state index contributed by atoms with van der Waals surface area (Å²) >= 11 is 1.19. The first-order valence-corrected chi connectivity index (χ1v) is 7.05. The van der Waals surface area contributed by atoms with Crippen LogP contribution in [0, 0.1) is 6.92 Å². The summed E-state index contributed by atoms with van der Waals surface area (Å²) in [6.07, 6.45) is 1.59. The number of aromatic nitrogens is 3. The molecule has 0 aliphatic heterocycles. The zero-order valence-corrected chi connectivity index (χ0v) is 12.6. The van der Waals surface area contributed by atoms with Crippen molar-refractivity contribution in [1.29, 1.82) is 0 Å². The van der Waals surface area contributed by atoms with Crippen LogP contribution in [-0.2, 0) is 0 Å². The van der Waals surface area contributed by atoms with Gasteiger partial charge in [0, 0.05) is 19.2 Å². The van der Waals surface area contributed by atoms with Crippen molar-refractivity contribution in [2.45, 2.75) is 33.7 Å². The van der Waals surface area contributed by atoms with Gasteiger partial charge >= 0.3 is 0 Å². The number of nitrogens with one attached hydrogen (secondary N) is 1. The van der Waals surface area contributed by atoms with E-state index in [1.807, 2.05) is 13.8 Å². The van der Waals surface area contributed by atoms with Gasteiger partial charge in [0.15, 0.2) is 10.9 Å². The van der Waals surface area contributed by atoms with E-state index in [0.717, 1.165) is 0 Å². The minimum atomic E-state index is -0.278. The molecule has 6 nitrogen and oxygen atoms in total. The van der Waals surface area contributed by atoms with E-state index in [1.165, 1.54) is 18.3 Å². The number of anilines is 1. The first-order valence-electron chi connectivity index (χ1n) is 6.23. The van der Waals surface area contributed by atoms with E-state index in [-0.39, 0.29) is 17.7 Å². The quantitative estimate of drug-likeness (QED) is 0.879. The molecule has 106 valence electrons. The van der Waals surface area contributed by atoms with Gasteiger partial charge in [-0.1, -0.05) is 11.3 Å². The maximum absolute atomic E-state index is 12.2. The third-order valence-electron chi connectivity index (χ3n) is 2.73. The Morgan fingerprint density at radius 2 is 2.10 bits per heavy atom. The summed E-state index contributed by atoms with van der Waals surface area (Å²) in [4.78, 5) is 28.3. The lowest BCUT2D eigenvalue weighted by molar-refractivity contribution is 0.100. The average Bonchev–Trinajstić information content (AvgIpc) is 2.95. The van der Waals surface area contributed by atoms with Crippen LogP contribution in [0.3, 0.4) is 0 Å². The molecule has 0 atom stereocenters. The molecule has 2 heterocycles. The number of rotatable bonds is 4. The fraction of sp³-hybridized carbons (Fsp3) is 0.385. The molecule has 20 heavy (non-hydrogen) atoms. The van der Waals surface area contributed by atoms with Crippen LogP contribution >= 0.6 is 11.3 Å². The highest BCUT2D eigenvalue weighted by Gasteiger charge is 2.17. The average molecular weight is 292 g/mol. The second kappa shape index (κ2) is 5.54. The molecule has 0 radical (unpaired) electrons. The largest absolute Gasteiger partial charge is 0.296 e. The monoisotopic (exact) mass is 292 g/mol. The van der Waals surface area contributed by atoms with Gasteiger partial charge < -0.3 is 0 Å². The molecule has 7 heteroatoms. The number of aryl methyl sites for hydroxylation is 1. The highest BCUT2D eigenvalue weighted by molar-refractivity contribution is 7.17. The van der Waals surface area contributed by atoms with Crippen molar-refractivity contribution < 1.29 is 9.59 Å². The van der Waals surface area contributed by atoms with Gasteiger partial charge in [0.2, 0.25) is 0 Å². The lowest BCUT2D eigenvalue weighted by Crippen LogP contribution is -2.18. The first kappa shape index (κ1) is 14.4. The summed E-state index contributed by atoms with van der Waals surface area (Å²) in [6, 6.07) is 1.75. The van der Waals surface area contributed by atoms with Crippen molar-refractivity contribution in [2.24, 2.45) is 0 Å². The van der Waals surface area contributed by atoms with Gasteiger partial charge in [-0.05, 0) is 26.8 Å². The van der Waals surface area contributed by atoms with Crippen LogP contribution in [0.25, 0.3) is 0 Å². The number of Topliss-reactive ketones (excluding diaryl/α,β-unsaturated/α-hetero) is 1. The lowest BCUT2D eigenvalue weighted by Gasteiger charge is -2.09.